The Bertz CT molecular complexity index is 893. The number of fused-ring (bicyclic) bond motifs is 1. The van der Waals surface area contributed by atoms with Crippen molar-refractivity contribution in [3.8, 4) is 0 Å². The van der Waals surface area contributed by atoms with E-state index in [1.165, 1.54) is 11.1 Å². The van der Waals surface area contributed by atoms with Crippen molar-refractivity contribution in [2.75, 3.05) is 37.7 Å². The largest absolute Gasteiger partial charge is 0.378 e. The van der Waals surface area contributed by atoms with Gasteiger partial charge in [0.1, 0.15) is 11.6 Å². The van der Waals surface area contributed by atoms with Crippen molar-refractivity contribution in [2.45, 2.75) is 52.5 Å². The first-order chi connectivity index (χ1) is 14.6. The van der Waals surface area contributed by atoms with Gasteiger partial charge in [0.25, 0.3) is 0 Å². The molecule has 0 bridgehead atoms. The average Bonchev–Trinajstić information content (AvgIpc) is 2.77. The molecule has 1 fully saturated rings. The number of carbonyl (C=O) groups is 1. The number of morpholine rings is 1. The molecule has 0 saturated carbocycles. The van der Waals surface area contributed by atoms with Crippen LogP contribution in [-0.4, -0.2) is 53.6 Å². The highest BCUT2D eigenvalue weighted by Gasteiger charge is 2.28. The van der Waals surface area contributed by atoms with E-state index in [4.69, 9.17) is 14.7 Å². The zero-order valence-corrected chi connectivity index (χ0v) is 18.2. The Morgan fingerprint density at radius 2 is 2.00 bits per heavy atom. The summed E-state index contributed by atoms with van der Waals surface area (Å²) in [5.41, 5.74) is 4.71. The molecular formula is C24H32N4O2. The lowest BCUT2D eigenvalue weighted by Crippen LogP contribution is -2.41. The fourth-order valence-electron chi connectivity index (χ4n) is 4.27. The molecule has 1 saturated heterocycles. The van der Waals surface area contributed by atoms with Crippen molar-refractivity contribution >= 4 is 11.7 Å². The van der Waals surface area contributed by atoms with Gasteiger partial charge in [0, 0.05) is 44.5 Å². The Morgan fingerprint density at radius 1 is 1.17 bits per heavy atom. The number of unbranched alkanes of at least 4 members (excludes halogenated alkanes) is 1. The predicted octanol–water partition coefficient (Wildman–Crippen LogP) is 3.29. The Labute approximate surface area is 179 Å². The van der Waals surface area contributed by atoms with Gasteiger partial charge in [0.15, 0.2) is 0 Å². The molecule has 3 heterocycles. The number of benzene rings is 1. The van der Waals surface area contributed by atoms with Crippen LogP contribution in [0, 0.1) is 6.92 Å². The Balaban J connectivity index is 1.63. The number of nitrogens with zero attached hydrogens (tertiary/aromatic N) is 4. The molecule has 0 radical (unpaired) electrons. The summed E-state index contributed by atoms with van der Waals surface area (Å²) in [5.74, 6) is 2.12. The summed E-state index contributed by atoms with van der Waals surface area (Å²) in [7, 11) is 0. The van der Waals surface area contributed by atoms with E-state index in [1.54, 1.807) is 0 Å². The maximum atomic E-state index is 12.6. The Kier molecular flexibility index (Phi) is 6.62. The number of carbonyl (C=O) groups excluding carboxylic acids is 1. The van der Waals surface area contributed by atoms with Crippen LogP contribution in [0.15, 0.2) is 24.3 Å². The molecule has 30 heavy (non-hydrogen) atoms. The molecule has 0 spiro atoms. The van der Waals surface area contributed by atoms with E-state index >= 15 is 0 Å². The molecule has 1 amide bonds. The first-order valence-corrected chi connectivity index (χ1v) is 11.2. The highest BCUT2D eigenvalue weighted by atomic mass is 16.5. The first-order valence-electron chi connectivity index (χ1n) is 11.2. The number of hydrogen-bond donors (Lipinski definition) is 0. The maximum Gasteiger partial charge on any atom is 0.222 e. The van der Waals surface area contributed by atoms with Crippen LogP contribution in [0.3, 0.4) is 0 Å². The van der Waals surface area contributed by atoms with E-state index in [0.29, 0.717) is 26.2 Å². The third-order valence-electron chi connectivity index (χ3n) is 5.94. The summed E-state index contributed by atoms with van der Waals surface area (Å²) in [6.07, 6.45) is 4.15. The molecule has 0 atom stereocenters. The fourth-order valence-corrected chi connectivity index (χ4v) is 4.27. The lowest BCUT2D eigenvalue weighted by Gasteiger charge is -2.34. The quantitative estimate of drug-likeness (QED) is 0.734. The van der Waals surface area contributed by atoms with Gasteiger partial charge in [0.2, 0.25) is 5.91 Å². The molecule has 2 aliphatic rings. The molecule has 160 valence electrons. The van der Waals surface area contributed by atoms with Crippen LogP contribution < -0.4 is 4.90 Å². The summed E-state index contributed by atoms with van der Waals surface area (Å²) < 4.78 is 5.56. The van der Waals surface area contributed by atoms with E-state index in [-0.39, 0.29) is 5.91 Å². The molecule has 2 aliphatic heterocycles. The molecular weight excluding hydrogens is 376 g/mol. The lowest BCUT2D eigenvalue weighted by molar-refractivity contribution is -0.132. The van der Waals surface area contributed by atoms with Gasteiger partial charge in [0.05, 0.1) is 25.5 Å². The molecule has 4 rings (SSSR count). The zero-order valence-electron chi connectivity index (χ0n) is 18.2. The van der Waals surface area contributed by atoms with Gasteiger partial charge in [-0.05, 0) is 18.9 Å². The summed E-state index contributed by atoms with van der Waals surface area (Å²) >= 11 is 0. The first kappa shape index (κ1) is 20.8. The molecule has 6 nitrogen and oxygen atoms in total. The standard InChI is InChI=1S/C24H32N4O2/c1-3-4-8-23(29)28-10-9-21-20(17-28)24(27-11-13-30-14-12-27)26-22(25-21)16-19-7-5-6-18(2)15-19/h5-7,15H,3-4,8-14,16-17H2,1-2H3. The number of aromatic nitrogens is 2. The predicted molar refractivity (Wildman–Crippen MR) is 118 cm³/mol. The molecule has 1 aromatic heterocycles. The minimum atomic E-state index is 0.249. The van der Waals surface area contributed by atoms with Crippen molar-refractivity contribution in [3.05, 3.63) is 52.5 Å². The Hall–Kier alpha value is -2.47. The van der Waals surface area contributed by atoms with Crippen LogP contribution in [-0.2, 0) is 28.9 Å². The van der Waals surface area contributed by atoms with Crippen LogP contribution >= 0.6 is 0 Å². The van der Waals surface area contributed by atoms with Crippen LogP contribution in [0.25, 0.3) is 0 Å². The molecule has 2 aromatic rings. The summed E-state index contributed by atoms with van der Waals surface area (Å²) in [6, 6.07) is 8.54. The van der Waals surface area contributed by atoms with Crippen molar-refractivity contribution in [1.29, 1.82) is 0 Å². The van der Waals surface area contributed by atoms with Crippen LogP contribution in [0.1, 0.15) is 54.4 Å². The fraction of sp³-hybridized carbons (Fsp3) is 0.542. The lowest BCUT2D eigenvalue weighted by atomic mass is 10.0. The number of rotatable bonds is 6. The van der Waals surface area contributed by atoms with Crippen LogP contribution in [0.4, 0.5) is 5.82 Å². The normalized spacial score (nSPS) is 16.5. The average molecular weight is 409 g/mol. The van der Waals surface area contributed by atoms with Crippen LogP contribution in [0.5, 0.6) is 0 Å². The van der Waals surface area contributed by atoms with Gasteiger partial charge < -0.3 is 14.5 Å². The highest BCUT2D eigenvalue weighted by molar-refractivity contribution is 5.76. The molecule has 0 N–H and O–H groups in total. The van der Waals surface area contributed by atoms with Gasteiger partial charge in [-0.15, -0.1) is 0 Å². The minimum absolute atomic E-state index is 0.249. The smallest absolute Gasteiger partial charge is 0.222 e. The topological polar surface area (TPSA) is 58.6 Å². The SMILES string of the molecule is CCCCC(=O)N1CCc2nc(Cc3cccc(C)c3)nc(N3CCOCC3)c2C1. The number of hydrogen-bond acceptors (Lipinski definition) is 5. The van der Waals surface area contributed by atoms with E-state index in [9.17, 15) is 4.79 Å². The van der Waals surface area contributed by atoms with Crippen molar-refractivity contribution in [2.24, 2.45) is 0 Å². The summed E-state index contributed by atoms with van der Waals surface area (Å²) in [4.78, 5) is 26.9. The second kappa shape index (κ2) is 9.56. The highest BCUT2D eigenvalue weighted by Crippen LogP contribution is 2.28. The van der Waals surface area contributed by atoms with Gasteiger partial charge in [-0.2, -0.15) is 0 Å². The zero-order chi connectivity index (χ0) is 20.9. The van der Waals surface area contributed by atoms with E-state index < -0.39 is 0 Å². The molecule has 6 heteroatoms. The van der Waals surface area contributed by atoms with Crippen molar-refractivity contribution in [1.82, 2.24) is 14.9 Å². The number of anilines is 1. The van der Waals surface area contributed by atoms with Gasteiger partial charge in [-0.1, -0.05) is 43.2 Å². The number of amides is 1. The van der Waals surface area contributed by atoms with Gasteiger partial charge in [-0.25, -0.2) is 9.97 Å². The van der Waals surface area contributed by atoms with E-state index in [1.807, 2.05) is 4.90 Å². The van der Waals surface area contributed by atoms with Gasteiger partial charge >= 0.3 is 0 Å². The third-order valence-corrected chi connectivity index (χ3v) is 5.94. The second-order valence-corrected chi connectivity index (χ2v) is 8.32. The number of ether oxygens (including phenoxy) is 1. The maximum absolute atomic E-state index is 12.6. The second-order valence-electron chi connectivity index (χ2n) is 8.32. The minimum Gasteiger partial charge on any atom is -0.378 e. The molecule has 0 unspecified atom stereocenters. The van der Waals surface area contributed by atoms with Crippen molar-refractivity contribution < 1.29 is 9.53 Å². The monoisotopic (exact) mass is 408 g/mol. The molecule has 1 aromatic carbocycles. The van der Waals surface area contributed by atoms with Crippen molar-refractivity contribution in [3.63, 3.8) is 0 Å². The summed E-state index contributed by atoms with van der Waals surface area (Å²) in [5, 5.41) is 0. The summed E-state index contributed by atoms with van der Waals surface area (Å²) in [6.45, 7) is 8.69. The number of aryl methyl sites for hydroxylation is 1. The third kappa shape index (κ3) is 4.81. The van der Waals surface area contributed by atoms with Crippen LogP contribution in [0.2, 0.25) is 0 Å². The van der Waals surface area contributed by atoms with Gasteiger partial charge in [-0.3, -0.25) is 4.79 Å². The van der Waals surface area contributed by atoms with E-state index in [0.717, 1.165) is 68.2 Å². The van der Waals surface area contributed by atoms with E-state index in [2.05, 4.69) is 43.0 Å². The Morgan fingerprint density at radius 3 is 2.77 bits per heavy atom. The molecule has 0 aliphatic carbocycles.